The summed E-state index contributed by atoms with van der Waals surface area (Å²) < 4.78 is 40.0. The Bertz CT molecular complexity index is 1570. The van der Waals surface area contributed by atoms with Crippen LogP contribution in [-0.2, 0) is 14.8 Å². The van der Waals surface area contributed by atoms with Crippen molar-refractivity contribution in [2.24, 2.45) is 0 Å². The van der Waals surface area contributed by atoms with Gasteiger partial charge in [-0.05, 0) is 61.9 Å². The summed E-state index contributed by atoms with van der Waals surface area (Å²) in [4.78, 5) is 22.8. The molecule has 9 nitrogen and oxygen atoms in total. The van der Waals surface area contributed by atoms with Crippen LogP contribution < -0.4 is 13.9 Å². The van der Waals surface area contributed by atoms with Crippen LogP contribution >= 0.6 is 11.3 Å². The van der Waals surface area contributed by atoms with Crippen LogP contribution in [0.25, 0.3) is 10.2 Å². The Morgan fingerprint density at radius 1 is 1.05 bits per heavy atom. The quantitative estimate of drug-likeness (QED) is 0.244. The van der Waals surface area contributed by atoms with Gasteiger partial charge in [0.15, 0.2) is 5.13 Å². The van der Waals surface area contributed by atoms with Crippen molar-refractivity contribution in [2.45, 2.75) is 18.2 Å². The molecule has 1 aromatic heterocycles. The number of nitrogens with zero attached hydrogens (tertiary/aromatic N) is 4. The fourth-order valence-electron chi connectivity index (χ4n) is 4.84. The van der Waals surface area contributed by atoms with Crippen molar-refractivity contribution in [2.75, 3.05) is 62.3 Å². The van der Waals surface area contributed by atoms with Crippen molar-refractivity contribution < 1.29 is 22.7 Å². The highest BCUT2D eigenvalue weighted by atomic mass is 32.2. The highest BCUT2D eigenvalue weighted by Crippen LogP contribution is 2.32. The highest BCUT2D eigenvalue weighted by molar-refractivity contribution is 7.92. The molecule has 0 N–H and O–H groups in total. The van der Waals surface area contributed by atoms with E-state index < -0.39 is 10.0 Å². The van der Waals surface area contributed by atoms with Gasteiger partial charge < -0.3 is 9.47 Å². The van der Waals surface area contributed by atoms with E-state index in [0.717, 1.165) is 49.5 Å². The lowest BCUT2D eigenvalue weighted by molar-refractivity contribution is 0.0376. The first-order chi connectivity index (χ1) is 19.9. The Labute approximate surface area is 245 Å². The molecule has 3 aromatic carbocycles. The number of carbonyl (C=O) groups excluding carboxylic acids is 1. The zero-order chi connectivity index (χ0) is 28.8. The van der Waals surface area contributed by atoms with Crippen molar-refractivity contribution in [3.05, 3.63) is 78.4 Å². The Balaban J connectivity index is 1.40. The van der Waals surface area contributed by atoms with Gasteiger partial charge in [0.05, 0.1) is 41.1 Å². The third kappa shape index (κ3) is 6.54. The van der Waals surface area contributed by atoms with Crippen LogP contribution in [0.15, 0.2) is 77.7 Å². The molecule has 0 unspecified atom stereocenters. The minimum atomic E-state index is -3.80. The number of thiazole rings is 1. The number of ether oxygens (including phenoxy) is 2. The van der Waals surface area contributed by atoms with Crippen LogP contribution in [0, 0.1) is 0 Å². The molecule has 41 heavy (non-hydrogen) atoms. The molecule has 216 valence electrons. The molecule has 0 spiro atoms. The summed E-state index contributed by atoms with van der Waals surface area (Å²) in [7, 11) is -2.19. The molecule has 11 heteroatoms. The predicted octanol–water partition coefficient (Wildman–Crippen LogP) is 4.89. The second kappa shape index (κ2) is 13.0. The van der Waals surface area contributed by atoms with Gasteiger partial charge in [0, 0.05) is 44.4 Å². The number of sulfonamides is 1. The number of rotatable bonds is 11. The highest BCUT2D eigenvalue weighted by Gasteiger charge is 2.26. The Morgan fingerprint density at radius 3 is 2.46 bits per heavy atom. The minimum absolute atomic E-state index is 0.130. The maximum absolute atomic E-state index is 13.9. The van der Waals surface area contributed by atoms with Gasteiger partial charge in [-0.15, -0.1) is 0 Å². The maximum atomic E-state index is 13.9. The third-order valence-corrected chi connectivity index (χ3v) is 10.0. The lowest BCUT2D eigenvalue weighted by atomic mass is 10.2. The van der Waals surface area contributed by atoms with Crippen LogP contribution in [-0.4, -0.2) is 77.3 Å². The van der Waals surface area contributed by atoms with Crippen molar-refractivity contribution in [1.82, 2.24) is 9.88 Å². The van der Waals surface area contributed by atoms with E-state index in [4.69, 9.17) is 14.5 Å². The second-order valence-electron chi connectivity index (χ2n) is 9.62. The molecule has 0 radical (unpaired) electrons. The first kappa shape index (κ1) is 29.0. The molecule has 2 heterocycles. The first-order valence-corrected chi connectivity index (χ1v) is 15.9. The number of amides is 1. The van der Waals surface area contributed by atoms with E-state index in [2.05, 4.69) is 4.90 Å². The number of fused-ring (bicyclic) bond motifs is 1. The monoisotopic (exact) mass is 594 g/mol. The third-order valence-electron chi connectivity index (χ3n) is 7.04. The van der Waals surface area contributed by atoms with E-state index >= 15 is 0 Å². The van der Waals surface area contributed by atoms with E-state index in [9.17, 15) is 13.2 Å². The van der Waals surface area contributed by atoms with Crippen LogP contribution in [0.1, 0.15) is 23.7 Å². The standard InChI is InChI=1S/C30H34N4O5S2/c1-3-34(24-8-5-4-6-9-24)41(36,37)26-13-10-23(11-14-26)29(35)33(17-7-16-32-18-20-39-21-19-32)30-31-27-22-25(38-2)12-15-28(27)40-30/h4-6,8-15,22H,3,7,16-21H2,1-2H3. The fraction of sp³-hybridized carbons (Fsp3) is 0.333. The van der Waals surface area contributed by atoms with Crippen molar-refractivity contribution >= 4 is 48.3 Å². The molecule has 5 rings (SSSR count). The van der Waals surface area contributed by atoms with Crippen LogP contribution in [0.4, 0.5) is 10.8 Å². The van der Waals surface area contributed by atoms with Gasteiger partial charge in [-0.2, -0.15) is 0 Å². The summed E-state index contributed by atoms with van der Waals surface area (Å²) in [5, 5.41) is 0.596. The second-order valence-corrected chi connectivity index (χ2v) is 12.5. The Hall–Kier alpha value is -3.51. The van der Waals surface area contributed by atoms with E-state index in [-0.39, 0.29) is 17.3 Å². The fourth-order valence-corrected chi connectivity index (χ4v) is 7.28. The molecule has 1 amide bonds. The number of hydrogen-bond donors (Lipinski definition) is 0. The number of morpholine rings is 1. The van der Waals surface area contributed by atoms with Crippen LogP contribution in [0.3, 0.4) is 0 Å². The number of carbonyl (C=O) groups is 1. The summed E-state index contributed by atoms with van der Waals surface area (Å²) in [6, 6.07) is 20.8. The largest absolute Gasteiger partial charge is 0.497 e. The topological polar surface area (TPSA) is 92.3 Å². The molecule has 0 aliphatic carbocycles. The summed E-state index contributed by atoms with van der Waals surface area (Å²) >= 11 is 1.45. The molecule has 1 aliphatic rings. The summed E-state index contributed by atoms with van der Waals surface area (Å²) in [6.45, 7) is 6.59. The van der Waals surface area contributed by atoms with Gasteiger partial charge in [0.2, 0.25) is 0 Å². The van der Waals surface area contributed by atoms with Gasteiger partial charge >= 0.3 is 0 Å². The van der Waals surface area contributed by atoms with E-state index in [1.807, 2.05) is 24.3 Å². The predicted molar refractivity (Wildman–Crippen MR) is 163 cm³/mol. The van der Waals surface area contributed by atoms with Gasteiger partial charge in [-0.25, -0.2) is 13.4 Å². The molecular weight excluding hydrogens is 560 g/mol. The average molecular weight is 595 g/mol. The zero-order valence-corrected chi connectivity index (χ0v) is 24.9. The normalized spacial score (nSPS) is 14.2. The lowest BCUT2D eigenvalue weighted by Gasteiger charge is -2.27. The van der Waals surface area contributed by atoms with Gasteiger partial charge in [-0.3, -0.25) is 18.9 Å². The van der Waals surface area contributed by atoms with E-state index in [1.165, 1.54) is 27.8 Å². The number of benzene rings is 3. The summed E-state index contributed by atoms with van der Waals surface area (Å²) in [5.74, 6) is 0.477. The molecule has 0 bridgehead atoms. The maximum Gasteiger partial charge on any atom is 0.264 e. The molecular formula is C30H34N4O5S2. The SMILES string of the molecule is CCN(c1ccccc1)S(=O)(=O)c1ccc(C(=O)N(CCCN2CCOCC2)c2nc3cc(OC)ccc3s2)cc1. The molecule has 4 aromatic rings. The Kier molecular flexibility index (Phi) is 9.19. The van der Waals surface area contributed by atoms with E-state index in [1.54, 1.807) is 55.3 Å². The average Bonchev–Trinajstić information content (AvgIpc) is 3.43. The number of para-hydroxylation sites is 1. The number of methoxy groups -OCH3 is 1. The molecule has 0 atom stereocenters. The molecule has 1 aliphatic heterocycles. The van der Waals surface area contributed by atoms with E-state index in [0.29, 0.717) is 28.7 Å². The van der Waals surface area contributed by atoms with Crippen molar-refractivity contribution in [3.8, 4) is 5.75 Å². The van der Waals surface area contributed by atoms with Crippen LogP contribution in [0.5, 0.6) is 5.75 Å². The molecule has 1 fully saturated rings. The number of aromatic nitrogens is 1. The lowest BCUT2D eigenvalue weighted by Crippen LogP contribution is -2.39. The minimum Gasteiger partial charge on any atom is -0.497 e. The van der Waals surface area contributed by atoms with Crippen molar-refractivity contribution in [3.63, 3.8) is 0 Å². The number of anilines is 2. The van der Waals surface area contributed by atoms with Gasteiger partial charge in [0.25, 0.3) is 15.9 Å². The summed E-state index contributed by atoms with van der Waals surface area (Å²) in [5.41, 5.74) is 1.75. The van der Waals surface area contributed by atoms with Gasteiger partial charge in [-0.1, -0.05) is 29.5 Å². The zero-order valence-electron chi connectivity index (χ0n) is 23.2. The Morgan fingerprint density at radius 2 is 1.78 bits per heavy atom. The molecule has 1 saturated heterocycles. The molecule has 0 saturated carbocycles. The van der Waals surface area contributed by atoms with Gasteiger partial charge in [0.1, 0.15) is 5.75 Å². The smallest absolute Gasteiger partial charge is 0.264 e. The summed E-state index contributed by atoms with van der Waals surface area (Å²) in [6.07, 6.45) is 0.764. The number of hydrogen-bond acceptors (Lipinski definition) is 8. The van der Waals surface area contributed by atoms with Crippen LogP contribution in [0.2, 0.25) is 0 Å². The van der Waals surface area contributed by atoms with Crippen molar-refractivity contribution in [1.29, 1.82) is 0 Å². The first-order valence-electron chi connectivity index (χ1n) is 13.6.